The number of H-pyrrole nitrogens is 1. The highest BCUT2D eigenvalue weighted by Gasteiger charge is 2.22. The largest absolute Gasteiger partial charge is 0.326 e. The molecule has 4 rings (SSSR count). The Labute approximate surface area is 192 Å². The van der Waals surface area contributed by atoms with Gasteiger partial charge in [-0.25, -0.2) is 4.79 Å². The summed E-state index contributed by atoms with van der Waals surface area (Å²) >= 11 is 1.71. The van der Waals surface area contributed by atoms with Gasteiger partial charge in [-0.05, 0) is 44.6 Å². The van der Waals surface area contributed by atoms with Gasteiger partial charge in [-0.15, -0.1) is 10.2 Å². The van der Waals surface area contributed by atoms with E-state index in [1.165, 1.54) is 5.56 Å². The summed E-state index contributed by atoms with van der Waals surface area (Å²) in [6.07, 6.45) is 1.83. The predicted octanol–water partition coefficient (Wildman–Crippen LogP) is 4.16. The standard InChI is InChI=1S/C24H30N6OS/c1-4-20(28(2)3)22-26-27-24(30(22)17-18-11-6-5-7-12-18)32-16-10-15-29-21-14-9-8-13-19(21)25-23(29)31/h5-9,11-14,20H,4,10,15-17H2,1-3H3,(H,25,31). The maximum Gasteiger partial charge on any atom is 0.326 e. The van der Waals surface area contributed by atoms with Gasteiger partial charge in [0.15, 0.2) is 11.0 Å². The third-order valence-electron chi connectivity index (χ3n) is 5.68. The van der Waals surface area contributed by atoms with Gasteiger partial charge in [-0.3, -0.25) is 9.47 Å². The minimum Gasteiger partial charge on any atom is -0.306 e. The van der Waals surface area contributed by atoms with Crippen LogP contribution in [0.5, 0.6) is 0 Å². The number of aryl methyl sites for hydroxylation is 1. The average molecular weight is 451 g/mol. The lowest BCUT2D eigenvalue weighted by atomic mass is 10.2. The van der Waals surface area contributed by atoms with Crippen molar-refractivity contribution in [1.82, 2.24) is 29.2 Å². The molecular weight excluding hydrogens is 420 g/mol. The van der Waals surface area contributed by atoms with Crippen molar-refractivity contribution >= 4 is 22.8 Å². The molecule has 2 aromatic heterocycles. The Bertz CT molecular complexity index is 1210. The van der Waals surface area contributed by atoms with E-state index in [0.29, 0.717) is 6.54 Å². The molecule has 2 aromatic carbocycles. The smallest absolute Gasteiger partial charge is 0.306 e. The normalized spacial score (nSPS) is 12.6. The molecule has 1 N–H and O–H groups in total. The number of aromatic amines is 1. The number of benzene rings is 2. The van der Waals surface area contributed by atoms with Crippen molar-refractivity contribution in [1.29, 1.82) is 0 Å². The van der Waals surface area contributed by atoms with Crippen LogP contribution < -0.4 is 5.69 Å². The van der Waals surface area contributed by atoms with E-state index in [1.807, 2.05) is 34.9 Å². The summed E-state index contributed by atoms with van der Waals surface area (Å²) in [5.74, 6) is 1.86. The second-order valence-electron chi connectivity index (χ2n) is 8.10. The Morgan fingerprint density at radius 1 is 1.03 bits per heavy atom. The molecule has 168 valence electrons. The highest BCUT2D eigenvalue weighted by Crippen LogP contribution is 2.26. The Balaban J connectivity index is 1.49. The third kappa shape index (κ3) is 4.81. The number of fused-ring (bicyclic) bond motifs is 1. The van der Waals surface area contributed by atoms with Crippen LogP contribution in [0.4, 0.5) is 0 Å². The summed E-state index contributed by atoms with van der Waals surface area (Å²) in [6.45, 7) is 3.60. The zero-order chi connectivity index (χ0) is 22.5. The minimum absolute atomic E-state index is 0.0532. The summed E-state index contributed by atoms with van der Waals surface area (Å²) in [5.41, 5.74) is 3.01. The maximum atomic E-state index is 12.3. The highest BCUT2D eigenvalue weighted by molar-refractivity contribution is 7.99. The molecule has 0 fully saturated rings. The molecule has 32 heavy (non-hydrogen) atoms. The van der Waals surface area contributed by atoms with E-state index in [1.54, 1.807) is 11.8 Å². The Morgan fingerprint density at radius 3 is 2.53 bits per heavy atom. The molecule has 2 heterocycles. The van der Waals surface area contributed by atoms with Crippen molar-refractivity contribution < 1.29 is 0 Å². The Morgan fingerprint density at radius 2 is 1.78 bits per heavy atom. The van der Waals surface area contributed by atoms with Gasteiger partial charge in [0.25, 0.3) is 0 Å². The van der Waals surface area contributed by atoms with Crippen molar-refractivity contribution in [2.24, 2.45) is 0 Å². The van der Waals surface area contributed by atoms with E-state index in [-0.39, 0.29) is 11.7 Å². The molecule has 0 aliphatic heterocycles. The molecule has 7 nitrogen and oxygen atoms in total. The molecule has 0 aliphatic rings. The molecule has 0 bridgehead atoms. The van der Waals surface area contributed by atoms with Gasteiger partial charge in [-0.1, -0.05) is 61.2 Å². The van der Waals surface area contributed by atoms with Crippen LogP contribution in [0.2, 0.25) is 0 Å². The third-order valence-corrected chi connectivity index (χ3v) is 6.73. The van der Waals surface area contributed by atoms with E-state index in [4.69, 9.17) is 0 Å². The first kappa shape index (κ1) is 22.4. The Kier molecular flexibility index (Phi) is 7.12. The van der Waals surface area contributed by atoms with Crippen LogP contribution >= 0.6 is 11.8 Å². The predicted molar refractivity (Wildman–Crippen MR) is 130 cm³/mol. The fraction of sp³-hybridized carbons (Fsp3) is 0.375. The van der Waals surface area contributed by atoms with Crippen LogP contribution in [0.1, 0.15) is 37.2 Å². The van der Waals surface area contributed by atoms with Crippen molar-refractivity contribution in [3.63, 3.8) is 0 Å². The topological polar surface area (TPSA) is 71.7 Å². The van der Waals surface area contributed by atoms with Crippen molar-refractivity contribution in [3.8, 4) is 0 Å². The summed E-state index contributed by atoms with van der Waals surface area (Å²) in [7, 11) is 4.17. The molecule has 0 aliphatic carbocycles. The van der Waals surface area contributed by atoms with Gasteiger partial charge < -0.3 is 9.55 Å². The molecule has 8 heteroatoms. The molecule has 0 radical (unpaired) electrons. The van der Waals surface area contributed by atoms with Gasteiger partial charge in [0.1, 0.15) is 0 Å². The van der Waals surface area contributed by atoms with Gasteiger partial charge >= 0.3 is 5.69 Å². The number of aromatic nitrogens is 5. The summed E-state index contributed by atoms with van der Waals surface area (Å²) < 4.78 is 4.06. The molecule has 0 spiro atoms. The monoisotopic (exact) mass is 450 g/mol. The van der Waals surface area contributed by atoms with Gasteiger partial charge in [0, 0.05) is 12.3 Å². The summed E-state index contributed by atoms with van der Waals surface area (Å²) in [6, 6.07) is 18.5. The fourth-order valence-electron chi connectivity index (χ4n) is 4.06. The number of para-hydroxylation sites is 2. The van der Waals surface area contributed by atoms with Gasteiger partial charge in [0.05, 0.1) is 23.6 Å². The van der Waals surface area contributed by atoms with Crippen molar-refractivity contribution in [2.75, 3.05) is 19.8 Å². The van der Waals surface area contributed by atoms with E-state index >= 15 is 0 Å². The second-order valence-corrected chi connectivity index (χ2v) is 9.16. The number of thioether (sulfide) groups is 1. The number of imidazole rings is 1. The first-order chi connectivity index (χ1) is 15.6. The lowest BCUT2D eigenvalue weighted by Crippen LogP contribution is -2.23. The quantitative estimate of drug-likeness (QED) is 0.290. The molecule has 0 saturated heterocycles. The van der Waals surface area contributed by atoms with Crippen LogP contribution in [0.15, 0.2) is 64.5 Å². The van der Waals surface area contributed by atoms with Crippen LogP contribution in [-0.4, -0.2) is 49.1 Å². The van der Waals surface area contributed by atoms with Crippen molar-refractivity contribution in [2.45, 2.75) is 44.1 Å². The van der Waals surface area contributed by atoms with Gasteiger partial charge in [-0.2, -0.15) is 0 Å². The molecule has 1 atom stereocenters. The SMILES string of the molecule is CCC(c1nnc(SCCCn2c(=O)[nH]c3ccccc32)n1Cc1ccccc1)N(C)C. The first-order valence-corrected chi connectivity index (χ1v) is 12.0. The van der Waals surface area contributed by atoms with Crippen LogP contribution in [0.25, 0.3) is 11.0 Å². The molecule has 0 amide bonds. The zero-order valence-electron chi connectivity index (χ0n) is 18.9. The number of nitrogens with one attached hydrogen (secondary N) is 1. The minimum atomic E-state index is -0.0532. The first-order valence-electron chi connectivity index (χ1n) is 11.0. The van der Waals surface area contributed by atoms with Crippen LogP contribution in [0, 0.1) is 0 Å². The second kappa shape index (κ2) is 10.2. The van der Waals surface area contributed by atoms with Crippen LogP contribution in [0.3, 0.4) is 0 Å². The van der Waals surface area contributed by atoms with E-state index in [0.717, 1.165) is 47.2 Å². The lowest BCUT2D eigenvalue weighted by molar-refractivity contribution is 0.272. The van der Waals surface area contributed by atoms with E-state index in [2.05, 4.69) is 69.9 Å². The van der Waals surface area contributed by atoms with Crippen molar-refractivity contribution in [3.05, 3.63) is 76.5 Å². The summed E-state index contributed by atoms with van der Waals surface area (Å²) in [4.78, 5) is 17.4. The number of rotatable bonds is 10. The maximum absolute atomic E-state index is 12.3. The van der Waals surface area contributed by atoms with Gasteiger partial charge in [0.2, 0.25) is 0 Å². The fourth-order valence-corrected chi connectivity index (χ4v) is 4.93. The molecule has 0 saturated carbocycles. The lowest BCUT2D eigenvalue weighted by Gasteiger charge is -2.23. The molecule has 4 aromatic rings. The summed E-state index contributed by atoms with van der Waals surface area (Å²) in [5, 5.41) is 10.0. The van der Waals surface area contributed by atoms with E-state index < -0.39 is 0 Å². The molecular formula is C24H30N6OS. The zero-order valence-corrected chi connectivity index (χ0v) is 19.7. The number of nitrogens with zero attached hydrogens (tertiary/aromatic N) is 5. The molecule has 1 unspecified atom stereocenters. The number of hydrogen-bond acceptors (Lipinski definition) is 5. The Hall–Kier alpha value is -2.84. The van der Waals surface area contributed by atoms with E-state index in [9.17, 15) is 4.79 Å². The number of hydrogen-bond donors (Lipinski definition) is 1. The van der Waals surface area contributed by atoms with Crippen LogP contribution in [-0.2, 0) is 13.1 Å². The highest BCUT2D eigenvalue weighted by atomic mass is 32.2. The average Bonchev–Trinajstić information content (AvgIpc) is 3.32.